The van der Waals surface area contributed by atoms with Gasteiger partial charge in [-0.3, -0.25) is 14.7 Å². The van der Waals surface area contributed by atoms with Crippen molar-refractivity contribution < 1.29 is 9.53 Å². The summed E-state index contributed by atoms with van der Waals surface area (Å²) in [5.74, 6) is -0.179. The number of pyridine rings is 1. The van der Waals surface area contributed by atoms with E-state index in [9.17, 15) is 4.79 Å². The zero-order valence-electron chi connectivity index (χ0n) is 10.9. The van der Waals surface area contributed by atoms with Crippen LogP contribution in [0.2, 0.25) is 0 Å². The Labute approximate surface area is 103 Å². The molecular weight excluding hydrogens is 216 g/mol. The summed E-state index contributed by atoms with van der Waals surface area (Å²) in [5.41, 5.74) is 2.03. The van der Waals surface area contributed by atoms with Crippen molar-refractivity contribution in [1.29, 1.82) is 0 Å². The van der Waals surface area contributed by atoms with Gasteiger partial charge >= 0.3 is 5.97 Å². The third-order valence-corrected chi connectivity index (χ3v) is 2.80. The van der Waals surface area contributed by atoms with Crippen molar-refractivity contribution in [2.24, 2.45) is 0 Å². The molecule has 0 aromatic carbocycles. The van der Waals surface area contributed by atoms with Crippen molar-refractivity contribution in [3.8, 4) is 0 Å². The molecule has 1 atom stereocenters. The van der Waals surface area contributed by atoms with Crippen LogP contribution in [0, 0.1) is 6.92 Å². The molecule has 0 saturated carbocycles. The van der Waals surface area contributed by atoms with E-state index in [1.807, 2.05) is 39.1 Å². The number of hydrogen-bond acceptors (Lipinski definition) is 4. The Morgan fingerprint density at radius 3 is 2.82 bits per heavy atom. The molecule has 0 aliphatic heterocycles. The van der Waals surface area contributed by atoms with E-state index in [1.165, 1.54) is 7.11 Å². The van der Waals surface area contributed by atoms with E-state index in [2.05, 4.69) is 14.6 Å². The average Bonchev–Trinajstić information content (AvgIpc) is 2.28. The number of ether oxygens (including phenoxy) is 1. The fourth-order valence-corrected chi connectivity index (χ4v) is 1.58. The first-order valence-electron chi connectivity index (χ1n) is 5.72. The quantitative estimate of drug-likeness (QED) is 0.731. The van der Waals surface area contributed by atoms with Gasteiger partial charge in [0.1, 0.15) is 0 Å². The summed E-state index contributed by atoms with van der Waals surface area (Å²) in [5, 5.41) is 0. The highest BCUT2D eigenvalue weighted by Gasteiger charge is 2.14. The van der Waals surface area contributed by atoms with Gasteiger partial charge in [-0.15, -0.1) is 0 Å². The predicted octanol–water partition coefficient (Wildman–Crippen LogP) is 1.77. The predicted molar refractivity (Wildman–Crippen MR) is 66.5 cm³/mol. The van der Waals surface area contributed by atoms with Crippen LogP contribution in [-0.4, -0.2) is 36.1 Å². The third-order valence-electron chi connectivity index (χ3n) is 2.80. The Kier molecular flexibility index (Phi) is 5.10. The van der Waals surface area contributed by atoms with E-state index in [0.29, 0.717) is 6.42 Å². The van der Waals surface area contributed by atoms with Crippen LogP contribution in [0.5, 0.6) is 0 Å². The summed E-state index contributed by atoms with van der Waals surface area (Å²) in [6.07, 6.45) is 0.402. The second-order valence-corrected chi connectivity index (χ2v) is 4.31. The van der Waals surface area contributed by atoms with Crippen molar-refractivity contribution in [2.45, 2.75) is 32.9 Å². The second-order valence-electron chi connectivity index (χ2n) is 4.31. The summed E-state index contributed by atoms with van der Waals surface area (Å²) < 4.78 is 4.66. The zero-order valence-corrected chi connectivity index (χ0v) is 10.9. The fourth-order valence-electron chi connectivity index (χ4n) is 1.58. The van der Waals surface area contributed by atoms with Gasteiger partial charge in [0.05, 0.1) is 19.2 Å². The first kappa shape index (κ1) is 13.6. The topological polar surface area (TPSA) is 42.4 Å². The number of rotatable bonds is 5. The highest BCUT2D eigenvalue weighted by Crippen LogP contribution is 2.08. The van der Waals surface area contributed by atoms with E-state index in [1.54, 1.807) is 0 Å². The first-order valence-corrected chi connectivity index (χ1v) is 5.72. The summed E-state index contributed by atoms with van der Waals surface area (Å²) >= 11 is 0. The molecule has 0 saturated heterocycles. The Morgan fingerprint density at radius 1 is 1.53 bits per heavy atom. The molecule has 0 fully saturated rings. The molecule has 1 heterocycles. The van der Waals surface area contributed by atoms with Crippen LogP contribution in [0.15, 0.2) is 18.2 Å². The molecule has 17 heavy (non-hydrogen) atoms. The SMILES string of the molecule is COC(=O)CC(C)N(C)Cc1cccc(C)n1. The maximum atomic E-state index is 11.2. The smallest absolute Gasteiger partial charge is 0.307 e. The number of carbonyl (C=O) groups excluding carboxylic acids is 1. The van der Waals surface area contributed by atoms with Crippen molar-refractivity contribution >= 4 is 5.97 Å². The van der Waals surface area contributed by atoms with Crippen LogP contribution in [-0.2, 0) is 16.1 Å². The van der Waals surface area contributed by atoms with Crippen LogP contribution < -0.4 is 0 Å². The lowest BCUT2D eigenvalue weighted by molar-refractivity contribution is -0.141. The number of carbonyl (C=O) groups is 1. The number of aromatic nitrogens is 1. The van der Waals surface area contributed by atoms with Crippen molar-refractivity contribution in [1.82, 2.24) is 9.88 Å². The Bertz CT molecular complexity index is 379. The lowest BCUT2D eigenvalue weighted by Crippen LogP contribution is -2.31. The van der Waals surface area contributed by atoms with Gasteiger partial charge in [0, 0.05) is 18.3 Å². The van der Waals surface area contributed by atoms with Gasteiger partial charge in [-0.05, 0) is 33.0 Å². The summed E-state index contributed by atoms with van der Waals surface area (Å²) in [6.45, 7) is 4.72. The van der Waals surface area contributed by atoms with Gasteiger partial charge in [0.2, 0.25) is 0 Å². The van der Waals surface area contributed by atoms with Crippen LogP contribution in [0.3, 0.4) is 0 Å². The minimum Gasteiger partial charge on any atom is -0.469 e. The molecule has 94 valence electrons. The minimum atomic E-state index is -0.179. The lowest BCUT2D eigenvalue weighted by Gasteiger charge is -2.23. The van der Waals surface area contributed by atoms with Crippen molar-refractivity contribution in [3.63, 3.8) is 0 Å². The molecular formula is C13H20N2O2. The normalized spacial score (nSPS) is 12.5. The molecule has 0 N–H and O–H groups in total. The maximum absolute atomic E-state index is 11.2. The highest BCUT2D eigenvalue weighted by atomic mass is 16.5. The Morgan fingerprint density at radius 2 is 2.24 bits per heavy atom. The van der Waals surface area contributed by atoms with Crippen molar-refractivity contribution in [3.05, 3.63) is 29.6 Å². The van der Waals surface area contributed by atoms with Gasteiger partial charge < -0.3 is 4.74 Å². The van der Waals surface area contributed by atoms with Gasteiger partial charge in [-0.1, -0.05) is 6.07 Å². The van der Waals surface area contributed by atoms with Gasteiger partial charge in [0.15, 0.2) is 0 Å². The largest absolute Gasteiger partial charge is 0.469 e. The Balaban J connectivity index is 2.53. The van der Waals surface area contributed by atoms with Crippen LogP contribution >= 0.6 is 0 Å². The van der Waals surface area contributed by atoms with Gasteiger partial charge in [0.25, 0.3) is 0 Å². The third kappa shape index (κ3) is 4.53. The van der Waals surface area contributed by atoms with E-state index in [4.69, 9.17) is 0 Å². The molecule has 4 nitrogen and oxygen atoms in total. The second kappa shape index (κ2) is 6.35. The molecule has 0 bridgehead atoms. The number of esters is 1. The number of methoxy groups -OCH3 is 1. The average molecular weight is 236 g/mol. The standard InChI is InChI=1S/C13H20N2O2/c1-10-6-5-7-12(14-10)9-15(3)11(2)8-13(16)17-4/h5-7,11H,8-9H2,1-4H3. The highest BCUT2D eigenvalue weighted by molar-refractivity contribution is 5.69. The van der Waals surface area contributed by atoms with Crippen molar-refractivity contribution in [2.75, 3.05) is 14.2 Å². The lowest BCUT2D eigenvalue weighted by atomic mass is 10.2. The first-order chi connectivity index (χ1) is 8.02. The van der Waals surface area contributed by atoms with E-state index < -0.39 is 0 Å². The molecule has 0 radical (unpaired) electrons. The fraction of sp³-hybridized carbons (Fsp3) is 0.538. The molecule has 1 rings (SSSR count). The minimum absolute atomic E-state index is 0.143. The summed E-state index contributed by atoms with van der Waals surface area (Å²) in [4.78, 5) is 17.7. The Hall–Kier alpha value is -1.42. The molecule has 0 aliphatic rings. The number of aryl methyl sites for hydroxylation is 1. The van der Waals surface area contributed by atoms with Gasteiger partial charge in [-0.25, -0.2) is 0 Å². The van der Waals surface area contributed by atoms with Crippen LogP contribution in [0.4, 0.5) is 0 Å². The molecule has 1 aromatic heterocycles. The molecule has 0 aliphatic carbocycles. The molecule has 4 heteroatoms. The molecule has 1 aromatic rings. The van der Waals surface area contributed by atoms with Crippen LogP contribution in [0.1, 0.15) is 24.7 Å². The van der Waals surface area contributed by atoms with Gasteiger partial charge in [-0.2, -0.15) is 0 Å². The number of nitrogens with zero attached hydrogens (tertiary/aromatic N) is 2. The van der Waals surface area contributed by atoms with Crippen LogP contribution in [0.25, 0.3) is 0 Å². The van der Waals surface area contributed by atoms with E-state index in [-0.39, 0.29) is 12.0 Å². The van der Waals surface area contributed by atoms with E-state index >= 15 is 0 Å². The molecule has 0 spiro atoms. The maximum Gasteiger partial charge on any atom is 0.307 e. The monoisotopic (exact) mass is 236 g/mol. The zero-order chi connectivity index (χ0) is 12.8. The summed E-state index contributed by atoms with van der Waals surface area (Å²) in [6, 6.07) is 6.11. The molecule has 0 amide bonds. The number of hydrogen-bond donors (Lipinski definition) is 0. The summed E-state index contributed by atoms with van der Waals surface area (Å²) in [7, 11) is 3.40. The molecule has 1 unspecified atom stereocenters. The van der Waals surface area contributed by atoms with E-state index in [0.717, 1.165) is 17.9 Å².